The summed E-state index contributed by atoms with van der Waals surface area (Å²) in [5.74, 6) is -0.208. The summed E-state index contributed by atoms with van der Waals surface area (Å²) in [7, 11) is 0. The van der Waals surface area contributed by atoms with Gasteiger partial charge in [0.25, 0.3) is 5.56 Å². The fraction of sp³-hybridized carbons (Fsp3) is 0.296. The van der Waals surface area contributed by atoms with Crippen molar-refractivity contribution in [3.8, 4) is 0 Å². The van der Waals surface area contributed by atoms with Crippen LogP contribution in [0.2, 0.25) is 0 Å². The average molecular weight is 440 g/mol. The van der Waals surface area contributed by atoms with Crippen molar-refractivity contribution in [2.45, 2.75) is 51.7 Å². The molecule has 3 aromatic carbocycles. The van der Waals surface area contributed by atoms with Gasteiger partial charge in [0.15, 0.2) is 0 Å². The van der Waals surface area contributed by atoms with E-state index in [0.717, 1.165) is 64.1 Å². The fourth-order valence-corrected chi connectivity index (χ4v) is 5.37. The van der Waals surface area contributed by atoms with E-state index in [1.807, 2.05) is 37.3 Å². The highest BCUT2D eigenvalue weighted by Crippen LogP contribution is 2.35. The molecule has 33 heavy (non-hydrogen) atoms. The van der Waals surface area contributed by atoms with E-state index >= 15 is 0 Å². The number of anilines is 1. The number of nitrogens with zero attached hydrogens (tertiary/aromatic N) is 2. The van der Waals surface area contributed by atoms with Crippen LogP contribution in [0.25, 0.3) is 38.2 Å². The second-order valence-corrected chi connectivity index (χ2v) is 9.18. The number of nitrogens with one attached hydrogen (secondary N) is 1. The van der Waals surface area contributed by atoms with E-state index in [9.17, 15) is 9.59 Å². The molecule has 1 aliphatic rings. The minimum absolute atomic E-state index is 0.0196. The highest BCUT2D eigenvalue weighted by Gasteiger charge is 2.24. The molecule has 0 spiro atoms. The smallest absolute Gasteiger partial charge is 0.302 e. The molecule has 1 saturated carbocycles. The second kappa shape index (κ2) is 7.44. The molecule has 1 aliphatic carbocycles. The van der Waals surface area contributed by atoms with E-state index in [-0.39, 0.29) is 17.6 Å². The van der Waals surface area contributed by atoms with Gasteiger partial charge in [0.05, 0.1) is 11.0 Å². The number of hydrogen-bond acceptors (Lipinski definition) is 5. The van der Waals surface area contributed by atoms with Crippen LogP contribution < -0.4 is 10.9 Å². The number of fused-ring (bicyclic) bond motifs is 4. The van der Waals surface area contributed by atoms with Crippen molar-refractivity contribution in [1.29, 1.82) is 0 Å². The first kappa shape index (κ1) is 20.0. The molecule has 1 N–H and O–H groups in total. The van der Waals surface area contributed by atoms with Gasteiger partial charge >= 0.3 is 5.97 Å². The number of carbonyl (C=O) groups is 1. The number of ether oxygens (including phenoxy) is 1. The molecule has 0 unspecified atom stereocenters. The van der Waals surface area contributed by atoms with Gasteiger partial charge in [0.1, 0.15) is 11.8 Å². The largest absolute Gasteiger partial charge is 0.463 e. The molecule has 0 amide bonds. The number of esters is 1. The molecule has 0 bridgehead atoms. The van der Waals surface area contributed by atoms with Crippen LogP contribution in [0.1, 0.15) is 38.2 Å². The van der Waals surface area contributed by atoms with Gasteiger partial charge in [0.2, 0.25) is 0 Å². The Bertz CT molecular complexity index is 1600. The van der Waals surface area contributed by atoms with Crippen molar-refractivity contribution in [2.24, 2.45) is 0 Å². The molecule has 6 heteroatoms. The van der Waals surface area contributed by atoms with Gasteiger partial charge < -0.3 is 10.1 Å². The molecule has 0 saturated heterocycles. The van der Waals surface area contributed by atoms with E-state index < -0.39 is 0 Å². The number of pyridine rings is 1. The van der Waals surface area contributed by atoms with E-state index in [2.05, 4.69) is 23.5 Å². The molecule has 6 rings (SSSR count). The summed E-state index contributed by atoms with van der Waals surface area (Å²) in [6.07, 6.45) is 3.62. The van der Waals surface area contributed by atoms with Crippen LogP contribution in [-0.4, -0.2) is 27.5 Å². The van der Waals surface area contributed by atoms with Crippen LogP contribution in [0.15, 0.2) is 53.3 Å². The maximum Gasteiger partial charge on any atom is 0.302 e. The molecule has 5 aromatic rings. The normalized spacial score (nSPS) is 19.0. The molecule has 1 fully saturated rings. The molecule has 0 aliphatic heterocycles. The van der Waals surface area contributed by atoms with Crippen LogP contribution in [0.3, 0.4) is 0 Å². The molecular weight excluding hydrogens is 414 g/mol. The van der Waals surface area contributed by atoms with Crippen LogP contribution in [0.5, 0.6) is 0 Å². The summed E-state index contributed by atoms with van der Waals surface area (Å²) in [5.41, 5.74) is 4.50. The zero-order chi connectivity index (χ0) is 22.7. The van der Waals surface area contributed by atoms with Crippen LogP contribution in [0, 0.1) is 6.92 Å². The fourth-order valence-electron chi connectivity index (χ4n) is 5.37. The lowest BCUT2D eigenvalue weighted by Gasteiger charge is -2.29. The monoisotopic (exact) mass is 439 g/mol. The number of aromatic nitrogens is 2. The number of hydrogen-bond donors (Lipinski definition) is 1. The zero-order valence-corrected chi connectivity index (χ0v) is 18.7. The summed E-state index contributed by atoms with van der Waals surface area (Å²) in [4.78, 5) is 29.6. The number of imidazole rings is 1. The number of benzene rings is 3. The standard InChI is InChI=1S/C27H25N3O3/c1-15-6-13-24-23(14-15)29-26-20-11-12-22(28-17-7-9-18(10-8-17)33-16(2)31)19-4-3-5-21(25(19)20)27(32)30(24)26/h3-6,11-14,17-18,28H,7-10H2,1-2H3. The minimum atomic E-state index is -0.208. The third-order valence-corrected chi connectivity index (χ3v) is 6.89. The SMILES string of the molecule is CC(=O)OC1CCC(Nc2ccc3c4c2cccc4c(=O)n2c4ccc(C)cc4nc32)CC1. The second-order valence-electron chi connectivity index (χ2n) is 9.18. The summed E-state index contributed by atoms with van der Waals surface area (Å²) >= 11 is 0. The zero-order valence-electron chi connectivity index (χ0n) is 18.7. The molecule has 2 aromatic heterocycles. The van der Waals surface area contributed by atoms with Crippen molar-refractivity contribution in [2.75, 3.05) is 5.32 Å². The molecule has 0 radical (unpaired) electrons. The summed E-state index contributed by atoms with van der Waals surface area (Å²) in [5, 5.41) is 7.38. The Morgan fingerprint density at radius 2 is 1.82 bits per heavy atom. The van der Waals surface area contributed by atoms with Crippen molar-refractivity contribution in [3.05, 3.63) is 64.4 Å². The highest BCUT2D eigenvalue weighted by atomic mass is 16.5. The van der Waals surface area contributed by atoms with Gasteiger partial charge in [-0.1, -0.05) is 18.2 Å². The van der Waals surface area contributed by atoms with Gasteiger partial charge in [-0.3, -0.25) is 14.0 Å². The average Bonchev–Trinajstić information content (AvgIpc) is 3.18. The Morgan fingerprint density at radius 1 is 1.03 bits per heavy atom. The number of carbonyl (C=O) groups excluding carboxylic acids is 1. The first-order valence-corrected chi connectivity index (χ1v) is 11.5. The Hall–Kier alpha value is -3.67. The van der Waals surface area contributed by atoms with Gasteiger partial charge in [-0.05, 0) is 68.5 Å². The Labute approximate surface area is 190 Å². The first-order valence-electron chi connectivity index (χ1n) is 11.5. The third-order valence-electron chi connectivity index (χ3n) is 6.89. The van der Waals surface area contributed by atoms with Crippen molar-refractivity contribution < 1.29 is 9.53 Å². The van der Waals surface area contributed by atoms with Crippen molar-refractivity contribution in [1.82, 2.24) is 9.38 Å². The molecule has 0 atom stereocenters. The van der Waals surface area contributed by atoms with Crippen LogP contribution in [0.4, 0.5) is 5.69 Å². The summed E-state index contributed by atoms with van der Waals surface area (Å²) in [6.45, 7) is 3.50. The Kier molecular flexibility index (Phi) is 4.50. The van der Waals surface area contributed by atoms with Gasteiger partial charge in [-0.2, -0.15) is 0 Å². The Morgan fingerprint density at radius 3 is 2.61 bits per heavy atom. The topological polar surface area (TPSA) is 72.7 Å². The first-order chi connectivity index (χ1) is 16.0. The van der Waals surface area contributed by atoms with E-state index in [1.54, 1.807) is 4.40 Å². The third kappa shape index (κ3) is 3.20. The minimum Gasteiger partial charge on any atom is -0.463 e. The lowest BCUT2D eigenvalue weighted by Crippen LogP contribution is -2.30. The highest BCUT2D eigenvalue weighted by molar-refractivity contribution is 6.18. The lowest BCUT2D eigenvalue weighted by atomic mass is 9.92. The maximum absolute atomic E-state index is 13.5. The van der Waals surface area contributed by atoms with Crippen molar-refractivity contribution in [3.63, 3.8) is 0 Å². The van der Waals surface area contributed by atoms with Crippen LogP contribution >= 0.6 is 0 Å². The Balaban J connectivity index is 1.46. The van der Waals surface area contributed by atoms with Gasteiger partial charge in [-0.15, -0.1) is 0 Å². The van der Waals surface area contributed by atoms with Crippen LogP contribution in [-0.2, 0) is 9.53 Å². The predicted octanol–water partition coefficient (Wildman–Crippen LogP) is 5.19. The maximum atomic E-state index is 13.5. The number of rotatable bonds is 3. The van der Waals surface area contributed by atoms with Gasteiger partial charge in [0, 0.05) is 40.2 Å². The predicted molar refractivity (Wildman–Crippen MR) is 131 cm³/mol. The molecule has 2 heterocycles. The lowest BCUT2D eigenvalue weighted by molar-refractivity contribution is -0.147. The summed E-state index contributed by atoms with van der Waals surface area (Å²) in [6, 6.07) is 16.4. The number of aryl methyl sites for hydroxylation is 1. The molecular formula is C27H25N3O3. The quantitative estimate of drug-likeness (QED) is 0.392. The van der Waals surface area contributed by atoms with E-state index in [0.29, 0.717) is 17.1 Å². The van der Waals surface area contributed by atoms with E-state index in [4.69, 9.17) is 9.72 Å². The summed E-state index contributed by atoms with van der Waals surface area (Å²) < 4.78 is 7.12. The van der Waals surface area contributed by atoms with Crippen molar-refractivity contribution >= 4 is 49.9 Å². The van der Waals surface area contributed by atoms with E-state index in [1.165, 1.54) is 6.92 Å². The molecule has 166 valence electrons. The molecule has 6 nitrogen and oxygen atoms in total. The van der Waals surface area contributed by atoms with Gasteiger partial charge in [-0.25, -0.2) is 4.98 Å².